The van der Waals surface area contributed by atoms with Crippen LogP contribution in [0.3, 0.4) is 0 Å². The van der Waals surface area contributed by atoms with E-state index in [4.69, 9.17) is 110 Å². The number of amides is 2. The molecule has 0 aromatic carbocycles. The number of aliphatic hydroxyl groups is 1. The second-order valence-corrected chi connectivity index (χ2v) is 35.1. The fourth-order valence-electron chi connectivity index (χ4n) is 13.3. The molecule has 2 amide bonds. The van der Waals surface area contributed by atoms with Crippen molar-refractivity contribution < 1.29 is 93.6 Å². The van der Waals surface area contributed by atoms with Crippen LogP contribution in [0.15, 0.2) is 74.9 Å². The van der Waals surface area contributed by atoms with Gasteiger partial charge < -0.3 is 58.4 Å². The molecule has 0 bridgehead atoms. The van der Waals surface area contributed by atoms with E-state index in [2.05, 4.69) is 88.9 Å². The van der Waals surface area contributed by atoms with Crippen molar-refractivity contribution in [3.63, 3.8) is 0 Å². The van der Waals surface area contributed by atoms with Gasteiger partial charge in [-0.15, -0.1) is 26.3 Å². The summed E-state index contributed by atoms with van der Waals surface area (Å²) in [6.07, 6.45) is 50.2. The lowest BCUT2D eigenvalue weighted by Crippen LogP contribution is -2.66. The van der Waals surface area contributed by atoms with E-state index in [1.54, 1.807) is 14.2 Å². The van der Waals surface area contributed by atoms with Crippen molar-refractivity contribution in [2.75, 3.05) is 81.3 Å². The van der Waals surface area contributed by atoms with Gasteiger partial charge in [0.15, 0.2) is 6.29 Å². The molecule has 2 aliphatic rings. The predicted octanol–water partition coefficient (Wildman–Crippen LogP) is 22.2. The Bertz CT molecular complexity index is 2550. The van der Waals surface area contributed by atoms with E-state index in [0.717, 1.165) is 116 Å². The van der Waals surface area contributed by atoms with Crippen LogP contribution in [0.4, 0.5) is 0 Å². The second-order valence-electron chi connectivity index (χ2n) is 29.6. The molecule has 12 atom stereocenters. The minimum atomic E-state index is -4.33. The summed E-state index contributed by atoms with van der Waals surface area (Å²) in [6, 6.07) is -2.17. The first kappa shape index (κ1) is 110. The van der Waals surface area contributed by atoms with E-state index in [1.165, 1.54) is 161 Å². The maximum atomic E-state index is 14.1. The summed E-state index contributed by atoms with van der Waals surface area (Å²) in [5.41, 5.74) is 0. The maximum Gasteiger partial charge on any atom is 0.475 e. The molecule has 4 N–H and O–H groups in total. The zero-order chi connectivity index (χ0) is 84.2. The molecule has 0 aromatic rings. The highest BCUT2D eigenvalue weighted by molar-refractivity contribution is 7.48. The number of rotatable bonds is 75. The largest absolute Gasteiger partial charge is 0.475 e. The molecule has 28 heteroatoms. The van der Waals surface area contributed by atoms with E-state index in [9.17, 15) is 23.8 Å². The fourth-order valence-corrected chi connectivity index (χ4v) is 16.1. The molecule has 114 heavy (non-hydrogen) atoms. The number of hydrogen-bond donors (Lipinski definition) is 4. The van der Waals surface area contributed by atoms with Crippen LogP contribution in [0.2, 0.25) is 0 Å². The number of allylic oxidation sites excluding steroid dienone is 4. The number of ether oxygens (including phenoxy) is 9. The van der Waals surface area contributed by atoms with Crippen molar-refractivity contribution in [1.82, 2.24) is 10.6 Å². The highest BCUT2D eigenvalue weighted by Gasteiger charge is 2.54. The SMILES string of the molecule is C=CCOP(=O)(OCC=C)O[C@H]1[C@H](OCC[C@@H](CCCCCCC)OC)[C@@H](NC(=O)CCCCCCCCC/C=C\CCCCCC)C(O)O[C@@H]1COC.C=CCOP(=O)(OCC=C)O[C@H]1[C@H](OCC[C@@H](CCCCCCC)OC)[C@@H](NC(=O)CCCCCCCCC/C=C\CCCCCC)[C@@H](OC(=N)C(Cl)(Cl)Cl)O[C@@H]1COC. The zero-order valence-corrected chi connectivity index (χ0v) is 75.5. The molecule has 0 aliphatic carbocycles. The van der Waals surface area contributed by atoms with Crippen LogP contribution in [-0.4, -0.2) is 181 Å². The average molecular weight is 1720 g/mol. The quantitative estimate of drug-likeness (QED) is 0.0110. The van der Waals surface area contributed by atoms with Gasteiger partial charge in [0.1, 0.15) is 48.7 Å². The van der Waals surface area contributed by atoms with Gasteiger partial charge in [0, 0.05) is 54.5 Å². The highest BCUT2D eigenvalue weighted by atomic mass is 35.6. The monoisotopic (exact) mass is 1720 g/mol. The maximum absolute atomic E-state index is 14.1. The molecular formula is C86H156Cl3N3O20P2. The van der Waals surface area contributed by atoms with Crippen LogP contribution in [0, 0.1) is 5.41 Å². The van der Waals surface area contributed by atoms with Gasteiger partial charge in [0.05, 0.1) is 51.8 Å². The van der Waals surface area contributed by atoms with Crippen LogP contribution >= 0.6 is 50.4 Å². The number of phosphoric acid groups is 2. The number of alkyl halides is 3. The summed E-state index contributed by atoms with van der Waals surface area (Å²) in [4.78, 5) is 27.0. The van der Waals surface area contributed by atoms with Crippen molar-refractivity contribution in [3.8, 4) is 0 Å². The third-order valence-electron chi connectivity index (χ3n) is 19.8. The molecule has 2 rings (SSSR count). The number of unbranched alkanes of at least 4 members (excludes halogenated alkanes) is 30. The van der Waals surface area contributed by atoms with Gasteiger partial charge in [0.2, 0.25) is 24.0 Å². The third kappa shape index (κ3) is 53.4. The van der Waals surface area contributed by atoms with Crippen molar-refractivity contribution in [2.45, 2.75) is 375 Å². The number of methoxy groups -OCH3 is 4. The lowest BCUT2D eigenvalue weighted by Gasteiger charge is -2.46. The molecule has 2 fully saturated rings. The number of phosphoric ester groups is 2. The first-order valence-corrected chi connectivity index (χ1v) is 47.3. The van der Waals surface area contributed by atoms with Crippen molar-refractivity contribution in [2.24, 2.45) is 0 Å². The number of nitrogens with one attached hydrogen (secondary N) is 3. The number of hydrogen-bond acceptors (Lipinski definition) is 21. The van der Waals surface area contributed by atoms with E-state index < -0.39 is 86.6 Å². The van der Waals surface area contributed by atoms with E-state index in [1.807, 2.05) is 0 Å². The van der Waals surface area contributed by atoms with E-state index in [-0.39, 0.29) is 83.3 Å². The van der Waals surface area contributed by atoms with Crippen LogP contribution in [0.5, 0.6) is 0 Å². The number of aliphatic hydroxyl groups excluding tert-OH is 1. The minimum absolute atomic E-state index is 0.0144. The van der Waals surface area contributed by atoms with Crippen molar-refractivity contribution in [3.05, 3.63) is 74.9 Å². The Morgan fingerprint density at radius 3 is 1.11 bits per heavy atom. The third-order valence-corrected chi connectivity index (χ3v) is 23.2. The average Bonchev–Trinajstić information content (AvgIpc) is 0.767. The van der Waals surface area contributed by atoms with Crippen LogP contribution in [0.1, 0.15) is 297 Å². The van der Waals surface area contributed by atoms with Gasteiger partial charge in [-0.05, 0) is 89.9 Å². The van der Waals surface area contributed by atoms with E-state index in [0.29, 0.717) is 25.7 Å². The zero-order valence-electron chi connectivity index (χ0n) is 71.5. The topological polar surface area (TPSA) is 275 Å². The normalized spacial score (nSPS) is 20.6. The number of carbonyl (C=O) groups is 2. The summed E-state index contributed by atoms with van der Waals surface area (Å²) in [5, 5.41) is 25.5. The van der Waals surface area contributed by atoms with Gasteiger partial charge in [-0.1, -0.05) is 278 Å². The molecule has 2 saturated heterocycles. The Morgan fingerprint density at radius 1 is 0.456 bits per heavy atom. The Kier molecular flexibility index (Phi) is 69.4. The smallest absolute Gasteiger partial charge is 0.446 e. The molecule has 666 valence electrons. The van der Waals surface area contributed by atoms with Crippen molar-refractivity contribution in [1.29, 1.82) is 5.41 Å². The fraction of sp³-hybridized carbons (Fsp3) is 0.826. The van der Waals surface area contributed by atoms with Gasteiger partial charge >= 0.3 is 15.6 Å². The predicted molar refractivity (Wildman–Crippen MR) is 462 cm³/mol. The van der Waals surface area contributed by atoms with Crippen LogP contribution in [-0.2, 0) is 88.5 Å². The summed E-state index contributed by atoms with van der Waals surface area (Å²) < 4.78 is 113. The first-order chi connectivity index (χ1) is 55.2. The second kappa shape index (κ2) is 72.2. The summed E-state index contributed by atoms with van der Waals surface area (Å²) in [7, 11) is -2.24. The standard InChI is InChI=1S/C44H78Cl3N2O10P.C42H78NO10P/c1-7-11-13-15-16-17-18-19-20-21-22-23-24-26-28-30-38(50)49-39-41(54-34-31-36(53-6)29-27-25-14-12-8-2)40(59-60(51,55-32-9-3)56-33-10-4)37(35-52-5)57-42(39)58-43(48)44(45,46)47;1-7-11-13-15-16-17-18-19-20-21-22-23-24-26-28-30-38(44)43-39-41(49-34-31-36(48-6)29-27-25-14-12-8-2)40(37(35-47-5)52-42(39)45)53-54(46,50-32-9-3)51-33-10-4/h9-10,17-18,36-37,39-42,48H,3-4,7-8,11-16,19-35H2,1-2,5-6H3,(H,49,50);9-10,17-18,36-37,39-42,45H,3-4,7-8,11-16,19-35H2,1-2,5-6H3,(H,43,44)/b18-17-,48-43?;18-17-/t36-,37-,39-,40-,41-,42-;36-,37-,39-,40-,41-,42?/m11/s1. The highest BCUT2D eigenvalue weighted by Crippen LogP contribution is 2.54. The van der Waals surface area contributed by atoms with Gasteiger partial charge in [0.25, 0.3) is 3.79 Å². The molecule has 0 saturated carbocycles. The lowest BCUT2D eigenvalue weighted by atomic mass is 9.96. The molecule has 0 aromatic heterocycles. The Labute approximate surface area is 704 Å². The molecule has 2 aliphatic heterocycles. The summed E-state index contributed by atoms with van der Waals surface area (Å²) in [6.45, 7) is 23.2. The Balaban J connectivity index is 0.00000115. The molecule has 0 radical (unpaired) electrons. The van der Waals surface area contributed by atoms with Crippen LogP contribution in [0.25, 0.3) is 0 Å². The lowest BCUT2D eigenvalue weighted by molar-refractivity contribution is -0.261. The number of carbonyl (C=O) groups excluding carboxylic acids is 2. The summed E-state index contributed by atoms with van der Waals surface area (Å²) in [5.74, 6) is -1.29. The molecule has 1 unspecified atom stereocenters. The van der Waals surface area contributed by atoms with Crippen molar-refractivity contribution >= 4 is 68.2 Å². The summed E-state index contributed by atoms with van der Waals surface area (Å²) >= 11 is 18.1. The molecule has 0 spiro atoms. The van der Waals surface area contributed by atoms with Gasteiger partial charge in [-0.2, -0.15) is 0 Å². The van der Waals surface area contributed by atoms with E-state index >= 15 is 0 Å². The Morgan fingerprint density at radius 2 is 0.772 bits per heavy atom. The minimum Gasteiger partial charge on any atom is -0.446 e. The van der Waals surface area contributed by atoms with Gasteiger partial charge in [-0.25, -0.2) is 9.13 Å². The van der Waals surface area contributed by atoms with Gasteiger partial charge in [-0.3, -0.25) is 42.1 Å². The molecular weight excluding hydrogens is 1560 g/mol. The number of halogens is 3. The molecule has 2 heterocycles. The molecule has 23 nitrogen and oxygen atoms in total. The van der Waals surface area contributed by atoms with Crippen LogP contribution < -0.4 is 10.6 Å². The Hall–Kier alpha value is -2.42. The first-order valence-electron chi connectivity index (χ1n) is 43.2.